The lowest BCUT2D eigenvalue weighted by atomic mass is 9.95. The summed E-state index contributed by atoms with van der Waals surface area (Å²) in [5, 5.41) is 26.8. The van der Waals surface area contributed by atoms with Crippen molar-refractivity contribution in [3.63, 3.8) is 0 Å². The Hall–Kier alpha value is -1.37. The van der Waals surface area contributed by atoms with Crippen molar-refractivity contribution in [2.75, 3.05) is 6.61 Å². The van der Waals surface area contributed by atoms with Gasteiger partial charge in [0, 0.05) is 0 Å². The van der Waals surface area contributed by atoms with Gasteiger partial charge in [-0.15, -0.1) is 0 Å². The average Bonchev–Trinajstić information content (AvgIpc) is 2.20. The van der Waals surface area contributed by atoms with Gasteiger partial charge in [-0.05, 0) is 5.56 Å². The highest BCUT2D eigenvalue weighted by atomic mass is 16.3. The fraction of sp³-hybridized carbons (Fsp3) is 0.300. The van der Waals surface area contributed by atoms with Crippen molar-refractivity contribution in [3.8, 4) is 6.07 Å². The SMILES string of the molecule is N#C[C@@H](c1ccccc1)[C@H](O)CO. The molecule has 0 spiro atoms. The molecule has 0 radical (unpaired) electrons. The summed E-state index contributed by atoms with van der Waals surface area (Å²) in [6.07, 6.45) is -1.01. The quantitative estimate of drug-likeness (QED) is 0.712. The summed E-state index contributed by atoms with van der Waals surface area (Å²) in [5.74, 6) is -0.647. The van der Waals surface area contributed by atoms with Gasteiger partial charge in [-0.2, -0.15) is 5.26 Å². The maximum absolute atomic E-state index is 9.30. The number of aliphatic hydroxyl groups excluding tert-OH is 2. The second kappa shape index (κ2) is 4.61. The number of benzene rings is 1. The molecule has 0 aliphatic heterocycles. The van der Waals surface area contributed by atoms with Crippen molar-refractivity contribution >= 4 is 0 Å². The van der Waals surface area contributed by atoms with Gasteiger partial charge in [0.05, 0.1) is 24.7 Å². The van der Waals surface area contributed by atoms with E-state index in [0.717, 1.165) is 5.56 Å². The minimum Gasteiger partial charge on any atom is -0.394 e. The van der Waals surface area contributed by atoms with E-state index in [0.29, 0.717) is 0 Å². The van der Waals surface area contributed by atoms with Crippen molar-refractivity contribution in [3.05, 3.63) is 35.9 Å². The summed E-state index contributed by atoms with van der Waals surface area (Å²) in [7, 11) is 0. The van der Waals surface area contributed by atoms with E-state index in [9.17, 15) is 5.11 Å². The van der Waals surface area contributed by atoms with Crippen LogP contribution in [0.3, 0.4) is 0 Å². The van der Waals surface area contributed by atoms with Crippen molar-refractivity contribution in [2.45, 2.75) is 12.0 Å². The molecule has 1 aromatic rings. The lowest BCUT2D eigenvalue weighted by molar-refractivity contribution is 0.0857. The molecule has 1 rings (SSSR count). The van der Waals surface area contributed by atoms with E-state index < -0.39 is 18.6 Å². The zero-order chi connectivity index (χ0) is 9.68. The van der Waals surface area contributed by atoms with Crippen LogP contribution in [0.1, 0.15) is 11.5 Å². The van der Waals surface area contributed by atoms with Crippen LogP contribution in [0.25, 0.3) is 0 Å². The number of aliphatic hydroxyl groups is 2. The van der Waals surface area contributed by atoms with E-state index >= 15 is 0 Å². The predicted molar refractivity (Wildman–Crippen MR) is 47.9 cm³/mol. The third-order valence-corrected chi connectivity index (χ3v) is 1.87. The smallest absolute Gasteiger partial charge is 0.0994 e. The normalized spacial score (nSPS) is 14.5. The molecule has 3 heteroatoms. The van der Waals surface area contributed by atoms with Gasteiger partial charge in [0.2, 0.25) is 0 Å². The number of nitriles is 1. The van der Waals surface area contributed by atoms with Crippen LogP contribution in [0.15, 0.2) is 30.3 Å². The molecule has 3 nitrogen and oxygen atoms in total. The Labute approximate surface area is 76.9 Å². The molecular formula is C10H11NO2. The number of rotatable bonds is 3. The van der Waals surface area contributed by atoms with Gasteiger partial charge in [-0.3, -0.25) is 0 Å². The minimum absolute atomic E-state index is 0.396. The molecule has 2 N–H and O–H groups in total. The van der Waals surface area contributed by atoms with Crippen molar-refractivity contribution < 1.29 is 10.2 Å². The molecule has 0 saturated heterocycles. The van der Waals surface area contributed by atoms with Gasteiger partial charge in [0.15, 0.2) is 0 Å². The van der Waals surface area contributed by atoms with Gasteiger partial charge in [0.25, 0.3) is 0 Å². The molecular weight excluding hydrogens is 166 g/mol. The molecule has 0 heterocycles. The first-order valence-corrected chi connectivity index (χ1v) is 4.03. The third kappa shape index (κ3) is 2.28. The second-order valence-corrected chi connectivity index (χ2v) is 2.77. The Balaban J connectivity index is 2.86. The molecule has 0 amide bonds. The van der Waals surface area contributed by atoms with Gasteiger partial charge in [-0.25, -0.2) is 0 Å². The molecule has 0 fully saturated rings. The Kier molecular flexibility index (Phi) is 3.44. The lowest BCUT2D eigenvalue weighted by Crippen LogP contribution is -2.21. The zero-order valence-corrected chi connectivity index (χ0v) is 7.09. The van der Waals surface area contributed by atoms with Crippen LogP contribution in [0.4, 0.5) is 0 Å². The van der Waals surface area contributed by atoms with Crippen LogP contribution >= 0.6 is 0 Å². The molecule has 0 aliphatic carbocycles. The largest absolute Gasteiger partial charge is 0.394 e. The molecule has 2 atom stereocenters. The summed E-state index contributed by atoms with van der Waals surface area (Å²) in [4.78, 5) is 0. The Morgan fingerprint density at radius 1 is 1.31 bits per heavy atom. The topological polar surface area (TPSA) is 64.2 Å². The van der Waals surface area contributed by atoms with Crippen LogP contribution in [-0.2, 0) is 0 Å². The van der Waals surface area contributed by atoms with Gasteiger partial charge in [-0.1, -0.05) is 30.3 Å². The zero-order valence-electron chi connectivity index (χ0n) is 7.09. The van der Waals surface area contributed by atoms with Crippen LogP contribution in [0, 0.1) is 11.3 Å². The number of hydrogen-bond donors (Lipinski definition) is 2. The van der Waals surface area contributed by atoms with Gasteiger partial charge < -0.3 is 10.2 Å². The first-order chi connectivity index (χ1) is 6.29. The highest BCUT2D eigenvalue weighted by Gasteiger charge is 2.19. The van der Waals surface area contributed by atoms with Gasteiger partial charge in [0.1, 0.15) is 0 Å². The predicted octanol–water partition coefficient (Wildman–Crippen LogP) is 0.647. The fourth-order valence-electron chi connectivity index (χ4n) is 1.15. The first-order valence-electron chi connectivity index (χ1n) is 4.03. The summed E-state index contributed by atoms with van der Waals surface area (Å²) < 4.78 is 0. The Bertz CT molecular complexity index is 292. The van der Waals surface area contributed by atoms with E-state index in [-0.39, 0.29) is 0 Å². The van der Waals surface area contributed by atoms with Crippen LogP contribution in [0.5, 0.6) is 0 Å². The molecule has 1 aromatic carbocycles. The van der Waals surface area contributed by atoms with Crippen LogP contribution in [0.2, 0.25) is 0 Å². The van der Waals surface area contributed by atoms with Crippen molar-refractivity contribution in [1.82, 2.24) is 0 Å². The maximum atomic E-state index is 9.30. The molecule has 0 aromatic heterocycles. The van der Waals surface area contributed by atoms with E-state index in [1.807, 2.05) is 12.1 Å². The third-order valence-electron chi connectivity index (χ3n) is 1.87. The molecule has 0 saturated carbocycles. The Morgan fingerprint density at radius 3 is 2.38 bits per heavy atom. The molecule has 0 bridgehead atoms. The summed E-state index contributed by atoms with van der Waals surface area (Å²) >= 11 is 0. The number of nitrogens with zero attached hydrogens (tertiary/aromatic N) is 1. The van der Waals surface area contributed by atoms with E-state index in [4.69, 9.17) is 10.4 Å². The molecule has 68 valence electrons. The Morgan fingerprint density at radius 2 is 1.92 bits per heavy atom. The van der Waals surface area contributed by atoms with Crippen LogP contribution < -0.4 is 0 Å². The highest BCUT2D eigenvalue weighted by Crippen LogP contribution is 2.18. The highest BCUT2D eigenvalue weighted by molar-refractivity contribution is 5.26. The van der Waals surface area contributed by atoms with E-state index in [1.54, 1.807) is 24.3 Å². The fourth-order valence-corrected chi connectivity index (χ4v) is 1.15. The average molecular weight is 177 g/mol. The van der Waals surface area contributed by atoms with Crippen LogP contribution in [-0.4, -0.2) is 22.9 Å². The summed E-state index contributed by atoms with van der Waals surface area (Å²) in [6, 6.07) is 10.9. The van der Waals surface area contributed by atoms with Crippen molar-refractivity contribution in [1.29, 1.82) is 5.26 Å². The molecule has 13 heavy (non-hydrogen) atoms. The lowest BCUT2D eigenvalue weighted by Gasteiger charge is -2.13. The molecule has 0 aliphatic rings. The minimum atomic E-state index is -1.01. The first kappa shape index (κ1) is 9.72. The van der Waals surface area contributed by atoms with E-state index in [2.05, 4.69) is 0 Å². The summed E-state index contributed by atoms with van der Waals surface area (Å²) in [5.41, 5.74) is 0.728. The van der Waals surface area contributed by atoms with Gasteiger partial charge >= 0.3 is 0 Å². The number of hydrogen-bond acceptors (Lipinski definition) is 3. The maximum Gasteiger partial charge on any atom is 0.0994 e. The van der Waals surface area contributed by atoms with Crippen molar-refractivity contribution in [2.24, 2.45) is 0 Å². The second-order valence-electron chi connectivity index (χ2n) is 2.77. The monoisotopic (exact) mass is 177 g/mol. The molecule has 0 unspecified atom stereocenters. The standard InChI is InChI=1S/C10H11NO2/c11-6-9(10(13)7-12)8-4-2-1-3-5-8/h1-5,9-10,12-13H,7H2/t9-,10+/m0/s1. The van der Waals surface area contributed by atoms with E-state index in [1.165, 1.54) is 0 Å². The summed E-state index contributed by atoms with van der Waals surface area (Å²) in [6.45, 7) is -0.396.